The highest BCUT2D eigenvalue weighted by molar-refractivity contribution is 9.10. The number of carbonyl (C=O) groups excluding carboxylic acids is 1. The summed E-state index contributed by atoms with van der Waals surface area (Å²) in [5.41, 5.74) is 1.24. The molecule has 3 aromatic rings. The summed E-state index contributed by atoms with van der Waals surface area (Å²) in [6.45, 7) is 5.37. The van der Waals surface area contributed by atoms with Crippen LogP contribution in [0.5, 0.6) is 0 Å². The lowest BCUT2D eigenvalue weighted by atomic mass is 10.1. The van der Waals surface area contributed by atoms with Crippen molar-refractivity contribution in [1.82, 2.24) is 19.9 Å². The Balaban J connectivity index is 1.81. The first-order chi connectivity index (χ1) is 13.8. The maximum Gasteiger partial charge on any atom is 0.251 e. The van der Waals surface area contributed by atoms with Crippen molar-refractivity contribution >= 4 is 44.4 Å². The molecule has 1 amide bonds. The third-order valence-corrected chi connectivity index (χ3v) is 5.34. The van der Waals surface area contributed by atoms with Crippen LogP contribution in [0.15, 0.2) is 23.1 Å². The van der Waals surface area contributed by atoms with Gasteiger partial charge in [-0.25, -0.2) is 18.7 Å². The van der Waals surface area contributed by atoms with E-state index in [1.165, 1.54) is 13.0 Å². The van der Waals surface area contributed by atoms with Gasteiger partial charge in [0.05, 0.1) is 17.5 Å². The molecule has 0 aliphatic heterocycles. The monoisotopic (exact) mass is 463 g/mol. The van der Waals surface area contributed by atoms with Gasteiger partial charge >= 0.3 is 0 Å². The van der Waals surface area contributed by atoms with Crippen LogP contribution in [0.2, 0.25) is 0 Å². The number of imidazole rings is 1. The second-order valence-corrected chi connectivity index (χ2v) is 8.32. The van der Waals surface area contributed by atoms with E-state index >= 15 is 0 Å². The summed E-state index contributed by atoms with van der Waals surface area (Å²) in [6, 6.07) is 3.27. The highest BCUT2D eigenvalue weighted by Gasteiger charge is 2.27. The van der Waals surface area contributed by atoms with Gasteiger partial charge in [-0.3, -0.25) is 4.79 Å². The van der Waals surface area contributed by atoms with Gasteiger partial charge in [-0.15, -0.1) is 0 Å². The molecule has 0 atom stereocenters. The van der Waals surface area contributed by atoms with Crippen molar-refractivity contribution in [2.24, 2.45) is 0 Å². The van der Waals surface area contributed by atoms with Gasteiger partial charge in [-0.2, -0.15) is 0 Å². The number of nitrogens with one attached hydrogen (secondary N) is 2. The third kappa shape index (κ3) is 3.71. The van der Waals surface area contributed by atoms with Crippen LogP contribution < -0.4 is 10.6 Å². The predicted molar refractivity (Wildman–Crippen MR) is 110 cm³/mol. The highest BCUT2D eigenvalue weighted by atomic mass is 79.9. The first-order valence-corrected chi connectivity index (χ1v) is 10.1. The average molecular weight is 464 g/mol. The fraction of sp³-hybridized carbons (Fsp3) is 0.350. The molecule has 2 heterocycles. The summed E-state index contributed by atoms with van der Waals surface area (Å²) < 4.78 is 31.7. The lowest BCUT2D eigenvalue weighted by Crippen LogP contribution is -2.26. The number of amides is 1. The molecule has 1 aliphatic rings. The van der Waals surface area contributed by atoms with E-state index in [4.69, 9.17) is 0 Å². The maximum atomic E-state index is 14.7. The molecule has 1 aromatic carbocycles. The molecule has 0 spiro atoms. The molecule has 29 heavy (non-hydrogen) atoms. The molecule has 0 saturated heterocycles. The lowest BCUT2D eigenvalue weighted by Gasteiger charge is -2.16. The average Bonchev–Trinajstić information content (AvgIpc) is 3.36. The second-order valence-electron chi connectivity index (χ2n) is 7.50. The van der Waals surface area contributed by atoms with E-state index in [0.717, 1.165) is 12.8 Å². The molecule has 2 aromatic heterocycles. The molecule has 6 nitrogen and oxygen atoms in total. The Bertz CT molecular complexity index is 1120. The van der Waals surface area contributed by atoms with E-state index in [1.54, 1.807) is 12.4 Å². The van der Waals surface area contributed by atoms with Gasteiger partial charge in [-0.1, -0.05) is 0 Å². The van der Waals surface area contributed by atoms with E-state index < -0.39 is 17.5 Å². The van der Waals surface area contributed by atoms with Gasteiger partial charge < -0.3 is 15.2 Å². The summed E-state index contributed by atoms with van der Waals surface area (Å²) in [7, 11) is 0. The number of hydrogen-bond acceptors (Lipinski definition) is 4. The Labute approximate surface area is 174 Å². The number of pyridine rings is 1. The number of aromatic nitrogens is 3. The van der Waals surface area contributed by atoms with Crippen molar-refractivity contribution in [2.45, 2.75) is 45.7 Å². The Morgan fingerprint density at radius 1 is 1.28 bits per heavy atom. The Kier molecular flexibility index (Phi) is 5.02. The summed E-state index contributed by atoms with van der Waals surface area (Å²) in [5, 5.41) is 5.69. The van der Waals surface area contributed by atoms with Crippen LogP contribution in [0.25, 0.3) is 11.0 Å². The summed E-state index contributed by atoms with van der Waals surface area (Å²) in [6.07, 6.45) is 3.48. The fourth-order valence-corrected chi connectivity index (χ4v) is 3.56. The van der Waals surface area contributed by atoms with Crippen molar-refractivity contribution in [3.8, 4) is 0 Å². The third-order valence-electron chi connectivity index (χ3n) is 4.94. The zero-order valence-electron chi connectivity index (χ0n) is 16.2. The van der Waals surface area contributed by atoms with Crippen LogP contribution in [-0.2, 0) is 0 Å². The van der Waals surface area contributed by atoms with Crippen LogP contribution in [-0.4, -0.2) is 26.5 Å². The minimum absolute atomic E-state index is 0.0224. The molecule has 9 heteroatoms. The Morgan fingerprint density at radius 3 is 2.66 bits per heavy atom. The van der Waals surface area contributed by atoms with Crippen molar-refractivity contribution in [2.75, 3.05) is 5.32 Å². The SMILES string of the molecule is Cc1c(C(=O)NC2CC2)cc(Nc2nc(Br)cc3ncn(C(C)C)c23)c(F)c1F. The molecule has 1 aliphatic carbocycles. The van der Waals surface area contributed by atoms with Gasteiger partial charge in [0.2, 0.25) is 0 Å². The van der Waals surface area contributed by atoms with Gasteiger partial charge in [0.1, 0.15) is 10.1 Å². The molecule has 0 radical (unpaired) electrons. The van der Waals surface area contributed by atoms with E-state index in [0.29, 0.717) is 21.5 Å². The van der Waals surface area contributed by atoms with Gasteiger partial charge in [0.25, 0.3) is 5.91 Å². The fourth-order valence-electron chi connectivity index (χ4n) is 3.17. The highest BCUT2D eigenvalue weighted by Crippen LogP contribution is 2.32. The molecule has 1 saturated carbocycles. The molecule has 1 fully saturated rings. The topological polar surface area (TPSA) is 71.8 Å². The van der Waals surface area contributed by atoms with E-state index in [-0.39, 0.29) is 28.9 Å². The number of nitrogens with zero attached hydrogens (tertiary/aromatic N) is 3. The zero-order chi connectivity index (χ0) is 20.9. The van der Waals surface area contributed by atoms with Gasteiger partial charge in [0.15, 0.2) is 17.5 Å². The maximum absolute atomic E-state index is 14.7. The summed E-state index contributed by atoms with van der Waals surface area (Å²) in [4.78, 5) is 21.2. The molecule has 4 rings (SSSR count). The Hall–Kier alpha value is -2.55. The Morgan fingerprint density at radius 2 is 2.00 bits per heavy atom. The standard InChI is InChI=1S/C20H20BrF2N5O/c1-9(2)28-8-24-14-7-15(21)27-19(18(14)28)26-13-6-12(10(3)16(22)17(13)23)20(29)25-11-4-5-11/h6-9,11H,4-5H2,1-3H3,(H,25,29)(H,26,27). The normalized spacial score (nSPS) is 13.9. The largest absolute Gasteiger partial charge is 0.349 e. The van der Waals surface area contributed by atoms with Crippen molar-refractivity contribution in [3.63, 3.8) is 0 Å². The van der Waals surface area contributed by atoms with Crippen LogP contribution >= 0.6 is 15.9 Å². The molecule has 0 bridgehead atoms. The van der Waals surface area contributed by atoms with Crippen molar-refractivity contribution < 1.29 is 13.6 Å². The molecular formula is C20H20BrF2N5O. The number of anilines is 2. The first-order valence-electron chi connectivity index (χ1n) is 9.35. The van der Waals surface area contributed by atoms with E-state index in [1.807, 2.05) is 18.4 Å². The van der Waals surface area contributed by atoms with Crippen molar-refractivity contribution in [1.29, 1.82) is 0 Å². The number of fused-ring (bicyclic) bond motifs is 1. The van der Waals surface area contributed by atoms with Crippen LogP contribution in [0, 0.1) is 18.6 Å². The molecule has 0 unspecified atom stereocenters. The first kappa shape index (κ1) is 19.8. The van der Waals surface area contributed by atoms with Crippen LogP contribution in [0.1, 0.15) is 48.7 Å². The number of hydrogen-bond donors (Lipinski definition) is 2. The van der Waals surface area contributed by atoms with Gasteiger partial charge in [-0.05, 0) is 61.7 Å². The van der Waals surface area contributed by atoms with Crippen molar-refractivity contribution in [3.05, 3.63) is 45.8 Å². The quantitative estimate of drug-likeness (QED) is 0.522. The van der Waals surface area contributed by atoms with Crippen LogP contribution in [0.4, 0.5) is 20.3 Å². The number of carbonyl (C=O) groups is 1. The number of benzene rings is 1. The summed E-state index contributed by atoms with van der Waals surface area (Å²) >= 11 is 3.33. The predicted octanol–water partition coefficient (Wildman–Crippen LogP) is 5.00. The molecule has 152 valence electrons. The van der Waals surface area contributed by atoms with Crippen LogP contribution in [0.3, 0.4) is 0 Å². The minimum Gasteiger partial charge on any atom is -0.349 e. The van der Waals surface area contributed by atoms with Gasteiger partial charge in [0, 0.05) is 23.2 Å². The number of halogens is 3. The summed E-state index contributed by atoms with van der Waals surface area (Å²) in [5.74, 6) is -2.21. The van der Waals surface area contributed by atoms with E-state index in [9.17, 15) is 13.6 Å². The van der Waals surface area contributed by atoms with E-state index in [2.05, 4.69) is 36.5 Å². The minimum atomic E-state index is -1.06. The molecule has 2 N–H and O–H groups in total. The lowest BCUT2D eigenvalue weighted by molar-refractivity contribution is 0.0950. The second kappa shape index (κ2) is 7.37. The number of rotatable bonds is 5. The smallest absolute Gasteiger partial charge is 0.251 e. The molecular weight excluding hydrogens is 444 g/mol. The zero-order valence-corrected chi connectivity index (χ0v) is 17.8.